The lowest BCUT2D eigenvalue weighted by molar-refractivity contribution is 1.15. The van der Waals surface area contributed by atoms with E-state index in [-0.39, 0.29) is 0 Å². The first kappa shape index (κ1) is 13.9. The van der Waals surface area contributed by atoms with E-state index in [1.54, 1.807) is 0 Å². The molecule has 3 aromatic rings. The molecule has 3 rings (SSSR count). The Bertz CT molecular complexity index is 699. The fraction of sp³-hybridized carbons (Fsp3) is 0.100. The van der Waals surface area contributed by atoms with Crippen molar-refractivity contribution in [3.63, 3.8) is 0 Å². The Balaban J connectivity index is 1.71. The van der Waals surface area contributed by atoms with E-state index in [0.717, 1.165) is 17.9 Å². The molecule has 21 heavy (non-hydrogen) atoms. The topological polar surface area (TPSA) is 0 Å². The average Bonchev–Trinajstić information content (AvgIpc) is 2.52. The Morgan fingerprint density at radius 3 is 1.71 bits per heavy atom. The highest BCUT2D eigenvalue weighted by atomic mass is 35.5. The summed E-state index contributed by atoms with van der Waals surface area (Å²) in [7, 11) is 0. The zero-order valence-electron chi connectivity index (χ0n) is 11.8. The summed E-state index contributed by atoms with van der Waals surface area (Å²) in [6, 6.07) is 27.4. The molecule has 3 aromatic carbocycles. The maximum Gasteiger partial charge on any atom is 0.0441 e. The van der Waals surface area contributed by atoms with Crippen LogP contribution < -0.4 is 0 Å². The molecule has 0 amide bonds. The molecule has 0 aliphatic heterocycles. The van der Waals surface area contributed by atoms with Crippen LogP contribution >= 0.6 is 11.6 Å². The van der Waals surface area contributed by atoms with Crippen LogP contribution in [0.1, 0.15) is 22.3 Å². The molecule has 0 heterocycles. The van der Waals surface area contributed by atoms with Gasteiger partial charge in [-0.3, -0.25) is 0 Å². The van der Waals surface area contributed by atoms with E-state index in [0.29, 0.717) is 0 Å². The van der Waals surface area contributed by atoms with Gasteiger partial charge in [0.2, 0.25) is 0 Å². The van der Waals surface area contributed by atoms with Crippen molar-refractivity contribution >= 4 is 11.6 Å². The minimum absolute atomic E-state index is 0.839. The van der Waals surface area contributed by atoms with Crippen LogP contribution in [0.2, 0.25) is 5.02 Å². The van der Waals surface area contributed by atoms with Gasteiger partial charge in [-0.1, -0.05) is 84.4 Å². The van der Waals surface area contributed by atoms with Gasteiger partial charge in [-0.2, -0.15) is 0 Å². The van der Waals surface area contributed by atoms with Gasteiger partial charge in [0.1, 0.15) is 0 Å². The summed E-state index contributed by atoms with van der Waals surface area (Å²) < 4.78 is 0. The molecule has 104 valence electrons. The summed E-state index contributed by atoms with van der Waals surface area (Å²) in [5, 5.41) is 0.839. The monoisotopic (exact) mass is 292 g/mol. The Morgan fingerprint density at radius 1 is 0.524 bits per heavy atom. The van der Waals surface area contributed by atoms with E-state index in [1.807, 2.05) is 18.2 Å². The Hall–Kier alpha value is -2.05. The molecule has 0 bridgehead atoms. The van der Waals surface area contributed by atoms with E-state index in [4.69, 9.17) is 11.6 Å². The molecule has 0 saturated heterocycles. The molecule has 0 spiro atoms. The smallest absolute Gasteiger partial charge is 0.0441 e. The van der Waals surface area contributed by atoms with Crippen molar-refractivity contribution in [2.24, 2.45) is 0 Å². The Kier molecular flexibility index (Phi) is 4.37. The number of hydrogen-bond acceptors (Lipinski definition) is 0. The highest BCUT2D eigenvalue weighted by Gasteiger charge is 2.01. The average molecular weight is 293 g/mol. The molecule has 1 heteroatoms. The van der Waals surface area contributed by atoms with Crippen molar-refractivity contribution in [1.82, 2.24) is 0 Å². The van der Waals surface area contributed by atoms with E-state index < -0.39 is 0 Å². The fourth-order valence-electron chi connectivity index (χ4n) is 2.47. The van der Waals surface area contributed by atoms with Crippen molar-refractivity contribution in [1.29, 1.82) is 0 Å². The lowest BCUT2D eigenvalue weighted by atomic mass is 10.0. The van der Waals surface area contributed by atoms with Crippen molar-refractivity contribution in [3.8, 4) is 0 Å². The van der Waals surface area contributed by atoms with Crippen LogP contribution in [0.3, 0.4) is 0 Å². The highest BCUT2D eigenvalue weighted by molar-refractivity contribution is 6.31. The minimum Gasteiger partial charge on any atom is -0.0840 e. The lowest BCUT2D eigenvalue weighted by Crippen LogP contribution is -1.91. The van der Waals surface area contributed by atoms with Crippen LogP contribution in [0, 0.1) is 0 Å². The van der Waals surface area contributed by atoms with Gasteiger partial charge < -0.3 is 0 Å². The Morgan fingerprint density at radius 2 is 1.05 bits per heavy atom. The second-order valence-corrected chi connectivity index (χ2v) is 5.65. The third-order valence-electron chi connectivity index (χ3n) is 3.63. The summed E-state index contributed by atoms with van der Waals surface area (Å²) in [5.74, 6) is 0. The maximum atomic E-state index is 6.21. The van der Waals surface area contributed by atoms with Gasteiger partial charge in [0.15, 0.2) is 0 Å². The fourth-order valence-corrected chi connectivity index (χ4v) is 2.67. The van der Waals surface area contributed by atoms with Gasteiger partial charge in [-0.25, -0.2) is 0 Å². The molecule has 0 unspecified atom stereocenters. The number of benzene rings is 3. The SMILES string of the molecule is Clc1ccccc1Cc1ccc(Cc2ccccc2)cc1. The molecule has 0 fully saturated rings. The van der Waals surface area contributed by atoms with Gasteiger partial charge in [0, 0.05) is 5.02 Å². The summed E-state index contributed by atoms with van der Waals surface area (Å²) in [6.07, 6.45) is 1.86. The first-order valence-corrected chi connectivity index (χ1v) is 7.54. The molecule has 0 aliphatic rings. The largest absolute Gasteiger partial charge is 0.0840 e. The number of rotatable bonds is 4. The van der Waals surface area contributed by atoms with Gasteiger partial charge in [0.25, 0.3) is 0 Å². The minimum atomic E-state index is 0.839. The predicted octanol–water partition coefficient (Wildman–Crippen LogP) is 5.52. The number of hydrogen-bond donors (Lipinski definition) is 0. The summed E-state index contributed by atoms with van der Waals surface area (Å²) in [5.41, 5.74) is 5.15. The van der Waals surface area contributed by atoms with E-state index in [9.17, 15) is 0 Å². The zero-order chi connectivity index (χ0) is 14.5. The first-order chi connectivity index (χ1) is 10.3. The van der Waals surface area contributed by atoms with E-state index in [1.165, 1.54) is 22.3 Å². The predicted molar refractivity (Wildman–Crippen MR) is 89.9 cm³/mol. The van der Waals surface area contributed by atoms with Crippen LogP contribution in [0.15, 0.2) is 78.9 Å². The standard InChI is InChI=1S/C20H17Cl/c21-20-9-5-4-8-19(20)15-18-12-10-17(11-13-18)14-16-6-2-1-3-7-16/h1-13H,14-15H2. The normalized spacial score (nSPS) is 10.5. The van der Waals surface area contributed by atoms with Crippen LogP contribution in [-0.4, -0.2) is 0 Å². The number of halogens is 1. The Labute approximate surface area is 131 Å². The molecule has 0 saturated carbocycles. The molecular formula is C20H17Cl. The zero-order valence-corrected chi connectivity index (χ0v) is 12.6. The lowest BCUT2D eigenvalue weighted by Gasteiger charge is -2.06. The molecule has 0 N–H and O–H groups in total. The van der Waals surface area contributed by atoms with Crippen LogP contribution in [0.4, 0.5) is 0 Å². The van der Waals surface area contributed by atoms with Crippen molar-refractivity contribution in [2.75, 3.05) is 0 Å². The molecular weight excluding hydrogens is 276 g/mol. The third kappa shape index (κ3) is 3.74. The van der Waals surface area contributed by atoms with Gasteiger partial charge in [-0.15, -0.1) is 0 Å². The van der Waals surface area contributed by atoms with Crippen molar-refractivity contribution in [2.45, 2.75) is 12.8 Å². The van der Waals surface area contributed by atoms with E-state index >= 15 is 0 Å². The second-order valence-electron chi connectivity index (χ2n) is 5.25. The van der Waals surface area contributed by atoms with Gasteiger partial charge >= 0.3 is 0 Å². The second kappa shape index (κ2) is 6.60. The maximum absolute atomic E-state index is 6.21. The molecule has 0 aliphatic carbocycles. The van der Waals surface area contributed by atoms with Crippen LogP contribution in [0.25, 0.3) is 0 Å². The van der Waals surface area contributed by atoms with Gasteiger partial charge in [-0.05, 0) is 41.2 Å². The van der Waals surface area contributed by atoms with E-state index in [2.05, 4.69) is 60.7 Å². The summed E-state index contributed by atoms with van der Waals surface area (Å²) in [4.78, 5) is 0. The molecule has 0 nitrogen and oxygen atoms in total. The quantitative estimate of drug-likeness (QED) is 0.594. The van der Waals surface area contributed by atoms with Crippen molar-refractivity contribution in [3.05, 3.63) is 106 Å². The van der Waals surface area contributed by atoms with Crippen LogP contribution in [-0.2, 0) is 12.8 Å². The van der Waals surface area contributed by atoms with Crippen LogP contribution in [0.5, 0.6) is 0 Å². The molecule has 0 atom stereocenters. The molecule has 0 aromatic heterocycles. The third-order valence-corrected chi connectivity index (χ3v) is 4.00. The van der Waals surface area contributed by atoms with Gasteiger partial charge in [0.05, 0.1) is 0 Å². The first-order valence-electron chi connectivity index (χ1n) is 7.16. The molecule has 0 radical (unpaired) electrons. The summed E-state index contributed by atoms with van der Waals surface area (Å²) in [6.45, 7) is 0. The highest BCUT2D eigenvalue weighted by Crippen LogP contribution is 2.19. The van der Waals surface area contributed by atoms with Crippen molar-refractivity contribution < 1.29 is 0 Å². The summed E-state index contributed by atoms with van der Waals surface area (Å²) >= 11 is 6.21.